The summed E-state index contributed by atoms with van der Waals surface area (Å²) in [5.41, 5.74) is 1.56. The van der Waals surface area contributed by atoms with Crippen molar-refractivity contribution < 1.29 is 13.2 Å². The van der Waals surface area contributed by atoms with Crippen LogP contribution < -0.4 is 0 Å². The molecule has 24 heavy (non-hydrogen) atoms. The number of Topliss-reactive ketones (excluding diaryl/α,β-unsaturated/α-hetero) is 1. The van der Waals surface area contributed by atoms with Gasteiger partial charge in [-0.3, -0.25) is 4.79 Å². The van der Waals surface area contributed by atoms with Crippen LogP contribution in [0.2, 0.25) is 0 Å². The van der Waals surface area contributed by atoms with E-state index in [1.54, 1.807) is 36.4 Å². The number of benzene rings is 1. The molecule has 1 fully saturated rings. The summed E-state index contributed by atoms with van der Waals surface area (Å²) in [6.45, 7) is 5.97. The maximum absolute atomic E-state index is 12.7. The predicted molar refractivity (Wildman–Crippen MR) is 93.4 cm³/mol. The van der Waals surface area contributed by atoms with Crippen LogP contribution in [-0.2, 0) is 10.0 Å². The van der Waals surface area contributed by atoms with Gasteiger partial charge in [0.05, 0.1) is 4.90 Å². The first kappa shape index (κ1) is 16.7. The number of carbonyl (C=O) groups excluding carboxylic acids is 1. The van der Waals surface area contributed by atoms with Crippen molar-refractivity contribution in [2.24, 2.45) is 11.8 Å². The van der Waals surface area contributed by atoms with Crippen molar-refractivity contribution in [1.82, 2.24) is 3.97 Å². The Balaban J connectivity index is 1.85. The molecule has 1 aromatic heterocycles. The van der Waals surface area contributed by atoms with Gasteiger partial charge in [-0.15, -0.1) is 0 Å². The van der Waals surface area contributed by atoms with Gasteiger partial charge in [-0.05, 0) is 43.4 Å². The summed E-state index contributed by atoms with van der Waals surface area (Å²) >= 11 is 0. The van der Waals surface area contributed by atoms with Crippen LogP contribution in [0.25, 0.3) is 0 Å². The molecule has 0 amide bonds. The third-order valence-electron chi connectivity index (χ3n) is 4.82. The molecule has 2 unspecified atom stereocenters. The van der Waals surface area contributed by atoms with Gasteiger partial charge in [-0.2, -0.15) is 0 Å². The van der Waals surface area contributed by atoms with E-state index in [4.69, 9.17) is 0 Å². The fraction of sp³-hybridized carbons (Fsp3) is 0.316. The van der Waals surface area contributed by atoms with Crippen LogP contribution in [0.4, 0.5) is 0 Å². The molecule has 3 rings (SSSR count). The van der Waals surface area contributed by atoms with Gasteiger partial charge in [-0.25, -0.2) is 12.4 Å². The first-order valence-electron chi connectivity index (χ1n) is 8.12. The minimum atomic E-state index is -3.66. The molecule has 1 aromatic carbocycles. The van der Waals surface area contributed by atoms with E-state index in [1.165, 1.54) is 12.4 Å². The highest BCUT2D eigenvalue weighted by molar-refractivity contribution is 7.90. The minimum absolute atomic E-state index is 0.0231. The van der Waals surface area contributed by atoms with Crippen molar-refractivity contribution >= 4 is 15.8 Å². The van der Waals surface area contributed by atoms with Gasteiger partial charge in [0.1, 0.15) is 0 Å². The fourth-order valence-electron chi connectivity index (χ4n) is 3.37. The number of carbonyl (C=O) groups is 1. The minimum Gasteiger partial charge on any atom is -0.294 e. The molecule has 2 aromatic rings. The van der Waals surface area contributed by atoms with Gasteiger partial charge in [-0.1, -0.05) is 37.3 Å². The van der Waals surface area contributed by atoms with Crippen LogP contribution in [-0.4, -0.2) is 18.2 Å². The van der Waals surface area contributed by atoms with E-state index in [2.05, 4.69) is 6.58 Å². The van der Waals surface area contributed by atoms with Gasteiger partial charge >= 0.3 is 0 Å². The zero-order valence-electron chi connectivity index (χ0n) is 13.7. The molecule has 1 aliphatic rings. The average molecular weight is 343 g/mol. The summed E-state index contributed by atoms with van der Waals surface area (Å²) in [5.74, 6) is 0.00641. The summed E-state index contributed by atoms with van der Waals surface area (Å²) in [4.78, 5) is 12.9. The lowest BCUT2D eigenvalue weighted by atomic mass is 9.85. The van der Waals surface area contributed by atoms with Crippen molar-refractivity contribution in [2.45, 2.75) is 31.1 Å². The normalized spacial score (nSPS) is 19.4. The highest BCUT2D eigenvalue weighted by atomic mass is 32.2. The van der Waals surface area contributed by atoms with Crippen molar-refractivity contribution in [3.8, 4) is 0 Å². The van der Waals surface area contributed by atoms with Crippen LogP contribution in [0.3, 0.4) is 0 Å². The largest absolute Gasteiger partial charge is 0.294 e. The van der Waals surface area contributed by atoms with Gasteiger partial charge in [0, 0.05) is 23.9 Å². The second-order valence-corrected chi connectivity index (χ2v) is 8.20. The van der Waals surface area contributed by atoms with Crippen LogP contribution in [0.1, 0.15) is 36.5 Å². The van der Waals surface area contributed by atoms with E-state index in [-0.39, 0.29) is 22.5 Å². The molecule has 0 saturated heterocycles. The fourth-order valence-corrected chi connectivity index (χ4v) is 4.59. The van der Waals surface area contributed by atoms with E-state index in [9.17, 15) is 13.2 Å². The average Bonchev–Trinajstić information content (AvgIpc) is 3.23. The molecular formula is C19H21NO3S. The summed E-state index contributed by atoms with van der Waals surface area (Å²) in [7, 11) is -3.66. The maximum atomic E-state index is 12.7. The lowest BCUT2D eigenvalue weighted by Gasteiger charge is -2.18. The van der Waals surface area contributed by atoms with Gasteiger partial charge in [0.15, 0.2) is 5.78 Å². The van der Waals surface area contributed by atoms with E-state index < -0.39 is 10.0 Å². The van der Waals surface area contributed by atoms with E-state index in [1.807, 2.05) is 6.92 Å². The molecular weight excluding hydrogens is 322 g/mol. The van der Waals surface area contributed by atoms with Crippen molar-refractivity contribution in [3.63, 3.8) is 0 Å². The Bertz CT molecular complexity index is 865. The number of ketones is 1. The number of allylic oxidation sites excluding steroid dienone is 1. The highest BCUT2D eigenvalue weighted by Gasteiger charge is 2.30. The maximum Gasteiger partial charge on any atom is 0.267 e. The van der Waals surface area contributed by atoms with Crippen LogP contribution >= 0.6 is 0 Å². The van der Waals surface area contributed by atoms with Crippen LogP contribution in [0.15, 0.2) is 65.8 Å². The smallest absolute Gasteiger partial charge is 0.267 e. The van der Waals surface area contributed by atoms with Gasteiger partial charge in [0.25, 0.3) is 10.0 Å². The SMILES string of the molecule is C=C1CCCC1C(C)C(=O)c1ccn(S(=O)(=O)c2ccccc2)c1. The molecule has 2 atom stereocenters. The van der Waals surface area contributed by atoms with Gasteiger partial charge < -0.3 is 0 Å². The first-order valence-corrected chi connectivity index (χ1v) is 9.56. The Morgan fingerprint density at radius 1 is 1.25 bits per heavy atom. The lowest BCUT2D eigenvalue weighted by Crippen LogP contribution is -2.20. The van der Waals surface area contributed by atoms with Gasteiger partial charge in [0.2, 0.25) is 0 Å². The van der Waals surface area contributed by atoms with Crippen molar-refractivity contribution in [3.05, 3.63) is 66.5 Å². The topological polar surface area (TPSA) is 56.1 Å². The highest BCUT2D eigenvalue weighted by Crippen LogP contribution is 2.36. The molecule has 126 valence electrons. The molecule has 1 aliphatic carbocycles. The Kier molecular flexibility index (Phi) is 4.45. The Hall–Kier alpha value is -2.14. The second-order valence-electron chi connectivity index (χ2n) is 6.36. The monoisotopic (exact) mass is 343 g/mol. The summed E-state index contributed by atoms with van der Waals surface area (Å²) in [6, 6.07) is 9.78. The molecule has 1 saturated carbocycles. The van der Waals surface area contributed by atoms with Crippen molar-refractivity contribution in [2.75, 3.05) is 0 Å². The summed E-state index contributed by atoms with van der Waals surface area (Å²) in [5, 5.41) is 0. The molecule has 0 bridgehead atoms. The molecule has 4 nitrogen and oxygen atoms in total. The third-order valence-corrected chi connectivity index (χ3v) is 6.48. The Morgan fingerprint density at radius 2 is 1.96 bits per heavy atom. The third kappa shape index (κ3) is 2.96. The van der Waals surface area contributed by atoms with E-state index in [0.717, 1.165) is 28.8 Å². The lowest BCUT2D eigenvalue weighted by molar-refractivity contribution is 0.0901. The van der Waals surface area contributed by atoms with Crippen LogP contribution in [0, 0.1) is 11.8 Å². The Morgan fingerprint density at radius 3 is 2.58 bits per heavy atom. The predicted octanol–water partition coefficient (Wildman–Crippen LogP) is 3.90. The number of rotatable bonds is 5. The molecule has 0 aliphatic heterocycles. The summed E-state index contributed by atoms with van der Waals surface area (Å²) in [6.07, 6.45) is 5.88. The summed E-state index contributed by atoms with van der Waals surface area (Å²) < 4.78 is 26.3. The molecule has 1 heterocycles. The zero-order valence-corrected chi connectivity index (χ0v) is 14.5. The van der Waals surface area contributed by atoms with Crippen LogP contribution in [0.5, 0.6) is 0 Å². The zero-order chi connectivity index (χ0) is 17.3. The van der Waals surface area contributed by atoms with E-state index >= 15 is 0 Å². The number of hydrogen-bond donors (Lipinski definition) is 0. The Labute approximate surface area is 142 Å². The quantitative estimate of drug-likeness (QED) is 0.611. The number of aromatic nitrogens is 1. The molecule has 0 radical (unpaired) electrons. The number of nitrogens with zero attached hydrogens (tertiary/aromatic N) is 1. The molecule has 0 spiro atoms. The standard InChI is InChI=1S/C19H21NO3S/c1-14-7-6-10-18(14)15(2)19(21)16-11-12-20(13-16)24(22,23)17-8-4-3-5-9-17/h3-5,8-9,11-13,15,18H,1,6-7,10H2,2H3. The van der Waals surface area contributed by atoms with Crippen molar-refractivity contribution in [1.29, 1.82) is 0 Å². The second kappa shape index (κ2) is 6.40. The molecule has 0 N–H and O–H groups in total. The number of hydrogen-bond acceptors (Lipinski definition) is 3. The first-order chi connectivity index (χ1) is 11.4. The molecule has 5 heteroatoms. The van der Waals surface area contributed by atoms with E-state index in [0.29, 0.717) is 5.56 Å².